The number of unbranched alkanes of at least 4 members (excludes halogenated alkanes) is 21. The van der Waals surface area contributed by atoms with E-state index in [0.717, 1.165) is 173 Å². The number of allylic oxidation sites excluding steroid dienone is 24. The van der Waals surface area contributed by atoms with Crippen LogP contribution < -0.4 is 0 Å². The summed E-state index contributed by atoms with van der Waals surface area (Å²) in [5, 5.41) is 0. The Bertz CT molecular complexity index is 1710. The van der Waals surface area contributed by atoms with Gasteiger partial charge in [-0.15, -0.1) is 0 Å². The van der Waals surface area contributed by atoms with E-state index in [9.17, 15) is 14.4 Å². The Morgan fingerprint density at radius 1 is 0.269 bits per heavy atom. The molecule has 0 radical (unpaired) electrons. The lowest BCUT2D eigenvalue weighted by Gasteiger charge is -2.18. The molecule has 6 heteroatoms. The van der Waals surface area contributed by atoms with Gasteiger partial charge in [-0.3, -0.25) is 14.4 Å². The Morgan fingerprint density at radius 3 is 0.782 bits per heavy atom. The van der Waals surface area contributed by atoms with Crippen molar-refractivity contribution in [3.63, 3.8) is 0 Å². The van der Waals surface area contributed by atoms with Crippen LogP contribution in [0, 0.1) is 0 Å². The van der Waals surface area contributed by atoms with Crippen molar-refractivity contribution in [2.24, 2.45) is 0 Å². The summed E-state index contributed by atoms with van der Waals surface area (Å²) in [6.07, 6.45) is 92.8. The van der Waals surface area contributed by atoms with E-state index in [1.165, 1.54) is 57.8 Å². The molecule has 0 aromatic carbocycles. The quantitative estimate of drug-likeness (QED) is 0.0261. The summed E-state index contributed by atoms with van der Waals surface area (Å²) >= 11 is 0. The normalized spacial score (nSPS) is 13.1. The number of carbonyl (C=O) groups is 3. The van der Waals surface area contributed by atoms with Crippen LogP contribution in [0.5, 0.6) is 0 Å². The SMILES string of the molecule is CC/C=C\C/C=C\C/C=C\C/C=C\C/C=C\C/C=C\C/C=C\C/C=C\C/C=C\CCCCCCCC(=O)OCC(COC(=O)CCCCCCCCCCCCCC)OC(=O)CCCCCCC/C=C\C/C=C\C/C=C\CC. The number of hydrogen-bond acceptors (Lipinski definition) is 6. The van der Waals surface area contributed by atoms with Crippen molar-refractivity contribution >= 4 is 17.9 Å². The smallest absolute Gasteiger partial charge is 0.306 e. The van der Waals surface area contributed by atoms with Crippen molar-refractivity contribution in [1.82, 2.24) is 0 Å². The van der Waals surface area contributed by atoms with Gasteiger partial charge in [0.25, 0.3) is 0 Å². The molecule has 0 spiro atoms. The molecule has 6 nitrogen and oxygen atoms in total. The van der Waals surface area contributed by atoms with Crippen molar-refractivity contribution in [1.29, 1.82) is 0 Å². The Hall–Kier alpha value is -4.71. The zero-order chi connectivity index (χ0) is 56.4. The molecular formula is C72H116O6. The molecule has 0 aliphatic rings. The maximum Gasteiger partial charge on any atom is 0.306 e. The van der Waals surface area contributed by atoms with Crippen molar-refractivity contribution in [2.45, 2.75) is 277 Å². The number of hydrogen-bond donors (Lipinski definition) is 0. The maximum atomic E-state index is 12.9. The summed E-state index contributed by atoms with van der Waals surface area (Å²) in [7, 11) is 0. The van der Waals surface area contributed by atoms with Crippen LogP contribution in [0.15, 0.2) is 146 Å². The standard InChI is InChI=1S/C72H116O6/c1-4-7-10-13-16-19-22-25-27-28-29-30-31-32-33-34-35-36-37-38-39-40-41-42-43-44-46-47-50-53-56-59-62-65-71(74)77-68-69(67-76-70(73)64-61-58-55-52-49-24-21-18-15-12-9-6-3)78-72(75)66-63-60-57-54-51-48-45-26-23-20-17-14-11-8-5-2/h7-8,10-11,16-17,19-20,25-27,29-30,32-33,35-36,38-39,41-42,44-46,69H,4-6,9,12-15,18,21-24,28,31,34,37,40,43,47-68H2,1-3H3/b10-7-,11-8-,19-16-,20-17-,27-25-,30-29-,33-32-,36-35-,39-38-,42-41-,45-26-,46-44-. The van der Waals surface area contributed by atoms with Gasteiger partial charge in [-0.1, -0.05) is 276 Å². The number of rotatable bonds is 56. The molecule has 0 amide bonds. The van der Waals surface area contributed by atoms with Gasteiger partial charge < -0.3 is 14.2 Å². The van der Waals surface area contributed by atoms with E-state index in [4.69, 9.17) is 14.2 Å². The molecule has 1 atom stereocenters. The van der Waals surface area contributed by atoms with E-state index in [-0.39, 0.29) is 31.1 Å². The van der Waals surface area contributed by atoms with Gasteiger partial charge in [0, 0.05) is 19.3 Å². The fourth-order valence-corrected chi connectivity index (χ4v) is 8.39. The molecule has 0 heterocycles. The zero-order valence-electron chi connectivity index (χ0n) is 50.4. The third-order valence-corrected chi connectivity index (χ3v) is 13.1. The highest BCUT2D eigenvalue weighted by Gasteiger charge is 2.19. The Morgan fingerprint density at radius 2 is 0.500 bits per heavy atom. The van der Waals surface area contributed by atoms with Crippen LogP contribution in [-0.4, -0.2) is 37.2 Å². The highest BCUT2D eigenvalue weighted by Crippen LogP contribution is 2.15. The van der Waals surface area contributed by atoms with Crippen LogP contribution in [0.2, 0.25) is 0 Å². The minimum absolute atomic E-state index is 0.0935. The first kappa shape index (κ1) is 73.3. The van der Waals surface area contributed by atoms with Crippen molar-refractivity contribution in [2.75, 3.05) is 13.2 Å². The van der Waals surface area contributed by atoms with E-state index < -0.39 is 6.10 Å². The number of esters is 3. The van der Waals surface area contributed by atoms with Crippen LogP contribution in [0.25, 0.3) is 0 Å². The predicted octanol–water partition coefficient (Wildman–Crippen LogP) is 21.9. The van der Waals surface area contributed by atoms with Crippen LogP contribution >= 0.6 is 0 Å². The Kier molecular flexibility index (Phi) is 60.9. The molecule has 0 fully saturated rings. The second-order valence-electron chi connectivity index (χ2n) is 20.6. The topological polar surface area (TPSA) is 78.9 Å². The lowest BCUT2D eigenvalue weighted by molar-refractivity contribution is -0.167. The minimum atomic E-state index is -0.799. The lowest BCUT2D eigenvalue weighted by Crippen LogP contribution is -2.30. The first-order valence-corrected chi connectivity index (χ1v) is 31.8. The maximum absolute atomic E-state index is 12.9. The molecule has 0 bridgehead atoms. The summed E-state index contributed by atoms with van der Waals surface area (Å²) in [6.45, 7) is 6.38. The van der Waals surface area contributed by atoms with E-state index >= 15 is 0 Å². The van der Waals surface area contributed by atoms with E-state index in [1.807, 2.05) is 0 Å². The highest BCUT2D eigenvalue weighted by molar-refractivity contribution is 5.71. The molecule has 0 aromatic heterocycles. The first-order valence-electron chi connectivity index (χ1n) is 31.8. The largest absolute Gasteiger partial charge is 0.462 e. The summed E-state index contributed by atoms with van der Waals surface area (Å²) in [5.74, 6) is -0.932. The third kappa shape index (κ3) is 62.1. The van der Waals surface area contributed by atoms with Crippen molar-refractivity contribution < 1.29 is 28.6 Å². The molecule has 0 rings (SSSR count). The monoisotopic (exact) mass is 1080 g/mol. The third-order valence-electron chi connectivity index (χ3n) is 13.1. The van der Waals surface area contributed by atoms with Crippen molar-refractivity contribution in [3.05, 3.63) is 146 Å². The molecule has 0 saturated carbocycles. The molecule has 440 valence electrons. The van der Waals surface area contributed by atoms with Gasteiger partial charge in [-0.25, -0.2) is 0 Å². The van der Waals surface area contributed by atoms with E-state index in [1.54, 1.807) is 0 Å². The fourth-order valence-electron chi connectivity index (χ4n) is 8.39. The summed E-state index contributed by atoms with van der Waals surface area (Å²) in [4.78, 5) is 38.2. The molecule has 0 aromatic rings. The van der Waals surface area contributed by atoms with Gasteiger partial charge in [-0.05, 0) is 122 Å². The van der Waals surface area contributed by atoms with Gasteiger partial charge in [0.15, 0.2) is 6.10 Å². The molecule has 0 aliphatic carbocycles. The second kappa shape index (κ2) is 64.8. The number of ether oxygens (including phenoxy) is 3. The van der Waals surface area contributed by atoms with Crippen LogP contribution in [0.1, 0.15) is 271 Å². The lowest BCUT2D eigenvalue weighted by atomic mass is 10.0. The van der Waals surface area contributed by atoms with Gasteiger partial charge in [0.2, 0.25) is 0 Å². The Labute approximate surface area is 480 Å². The molecule has 0 N–H and O–H groups in total. The molecule has 0 aliphatic heterocycles. The minimum Gasteiger partial charge on any atom is -0.462 e. The van der Waals surface area contributed by atoms with Gasteiger partial charge in [0.05, 0.1) is 0 Å². The van der Waals surface area contributed by atoms with Crippen LogP contribution in [0.3, 0.4) is 0 Å². The fraction of sp³-hybridized carbons (Fsp3) is 0.625. The molecule has 78 heavy (non-hydrogen) atoms. The van der Waals surface area contributed by atoms with Gasteiger partial charge in [0.1, 0.15) is 13.2 Å². The number of carbonyl (C=O) groups excluding carboxylic acids is 3. The van der Waals surface area contributed by atoms with Crippen LogP contribution in [0.4, 0.5) is 0 Å². The molecular weight excluding hydrogens is 961 g/mol. The Balaban J connectivity index is 4.32. The summed E-state index contributed by atoms with van der Waals surface area (Å²) in [6, 6.07) is 0. The van der Waals surface area contributed by atoms with Gasteiger partial charge in [-0.2, -0.15) is 0 Å². The molecule has 0 saturated heterocycles. The first-order chi connectivity index (χ1) is 38.5. The average Bonchev–Trinajstić information content (AvgIpc) is 3.44. The van der Waals surface area contributed by atoms with Crippen LogP contribution in [-0.2, 0) is 28.6 Å². The highest BCUT2D eigenvalue weighted by atomic mass is 16.6. The van der Waals surface area contributed by atoms with Crippen molar-refractivity contribution in [3.8, 4) is 0 Å². The van der Waals surface area contributed by atoms with Gasteiger partial charge >= 0.3 is 17.9 Å². The summed E-state index contributed by atoms with van der Waals surface area (Å²) < 4.78 is 16.9. The predicted molar refractivity (Wildman–Crippen MR) is 339 cm³/mol. The second-order valence-corrected chi connectivity index (χ2v) is 20.6. The van der Waals surface area contributed by atoms with E-state index in [0.29, 0.717) is 19.3 Å². The zero-order valence-corrected chi connectivity index (χ0v) is 50.4. The van der Waals surface area contributed by atoms with E-state index in [2.05, 4.69) is 167 Å². The summed E-state index contributed by atoms with van der Waals surface area (Å²) in [5.41, 5.74) is 0. The molecule has 1 unspecified atom stereocenters. The average molecular weight is 1080 g/mol.